The number of rotatable bonds is 0. The Hall–Kier alpha value is -2.03. The normalized spacial score (nSPS) is 13.6. The zero-order valence-electron chi connectivity index (χ0n) is 8.01. The SMILES string of the molecule is O=c1c2ccccc2cc2n1OCC=C2. The molecule has 0 atom stereocenters. The van der Waals surface area contributed by atoms with E-state index in [0.717, 1.165) is 11.1 Å². The Kier molecular flexibility index (Phi) is 1.65. The minimum atomic E-state index is -0.0903. The summed E-state index contributed by atoms with van der Waals surface area (Å²) in [5.74, 6) is 0. The van der Waals surface area contributed by atoms with E-state index in [4.69, 9.17) is 4.84 Å². The van der Waals surface area contributed by atoms with Crippen LogP contribution in [0.2, 0.25) is 0 Å². The first-order valence-corrected chi connectivity index (χ1v) is 4.81. The van der Waals surface area contributed by atoms with Gasteiger partial charge in [0.15, 0.2) is 0 Å². The first-order chi connectivity index (χ1) is 7.36. The van der Waals surface area contributed by atoms with Gasteiger partial charge in [-0.2, -0.15) is 0 Å². The van der Waals surface area contributed by atoms with Gasteiger partial charge in [-0.05, 0) is 29.7 Å². The van der Waals surface area contributed by atoms with Crippen molar-refractivity contribution >= 4 is 16.8 Å². The van der Waals surface area contributed by atoms with E-state index < -0.39 is 0 Å². The minimum Gasteiger partial charge on any atom is -0.406 e. The summed E-state index contributed by atoms with van der Waals surface area (Å²) < 4.78 is 1.35. The Balaban J connectivity index is 2.48. The van der Waals surface area contributed by atoms with E-state index in [-0.39, 0.29) is 5.56 Å². The second-order valence-electron chi connectivity index (χ2n) is 3.45. The van der Waals surface area contributed by atoms with E-state index in [1.807, 2.05) is 42.5 Å². The van der Waals surface area contributed by atoms with Gasteiger partial charge in [0, 0.05) is 0 Å². The Morgan fingerprint density at radius 3 is 3.07 bits per heavy atom. The van der Waals surface area contributed by atoms with E-state index in [0.29, 0.717) is 12.0 Å². The zero-order valence-corrected chi connectivity index (χ0v) is 8.01. The highest BCUT2D eigenvalue weighted by atomic mass is 16.7. The average Bonchev–Trinajstić information content (AvgIpc) is 2.30. The summed E-state index contributed by atoms with van der Waals surface area (Å²) in [7, 11) is 0. The lowest BCUT2D eigenvalue weighted by molar-refractivity contribution is 0.121. The van der Waals surface area contributed by atoms with Crippen molar-refractivity contribution in [2.75, 3.05) is 6.61 Å². The largest absolute Gasteiger partial charge is 0.406 e. The summed E-state index contributed by atoms with van der Waals surface area (Å²) in [6.07, 6.45) is 3.79. The third-order valence-electron chi connectivity index (χ3n) is 2.50. The first-order valence-electron chi connectivity index (χ1n) is 4.81. The molecule has 0 bridgehead atoms. The second-order valence-corrected chi connectivity index (χ2v) is 3.45. The van der Waals surface area contributed by atoms with Crippen molar-refractivity contribution in [1.29, 1.82) is 0 Å². The minimum absolute atomic E-state index is 0.0903. The molecule has 0 saturated carbocycles. The Morgan fingerprint density at radius 1 is 1.27 bits per heavy atom. The molecular formula is C12H9NO2. The fraction of sp³-hybridized carbons (Fsp3) is 0.0833. The van der Waals surface area contributed by atoms with Crippen LogP contribution in [0.25, 0.3) is 16.8 Å². The molecule has 15 heavy (non-hydrogen) atoms. The number of aromatic nitrogens is 1. The smallest absolute Gasteiger partial charge is 0.291 e. The molecule has 3 nitrogen and oxygen atoms in total. The van der Waals surface area contributed by atoms with Gasteiger partial charge >= 0.3 is 0 Å². The topological polar surface area (TPSA) is 31.2 Å². The highest BCUT2D eigenvalue weighted by Crippen LogP contribution is 2.13. The molecule has 0 radical (unpaired) electrons. The summed E-state index contributed by atoms with van der Waals surface area (Å²) >= 11 is 0. The van der Waals surface area contributed by atoms with E-state index in [1.165, 1.54) is 4.73 Å². The molecule has 1 aliphatic rings. The fourth-order valence-corrected chi connectivity index (χ4v) is 1.80. The van der Waals surface area contributed by atoms with Crippen LogP contribution in [-0.2, 0) is 0 Å². The maximum atomic E-state index is 12.0. The summed E-state index contributed by atoms with van der Waals surface area (Å²) in [6.45, 7) is 0.450. The average molecular weight is 199 g/mol. The molecule has 0 spiro atoms. The van der Waals surface area contributed by atoms with Gasteiger partial charge < -0.3 is 4.84 Å². The van der Waals surface area contributed by atoms with Crippen molar-refractivity contribution in [2.45, 2.75) is 0 Å². The third-order valence-corrected chi connectivity index (χ3v) is 2.50. The van der Waals surface area contributed by atoms with Gasteiger partial charge in [-0.15, -0.1) is 4.73 Å². The lowest BCUT2D eigenvalue weighted by Gasteiger charge is -2.14. The lowest BCUT2D eigenvalue weighted by atomic mass is 10.1. The van der Waals surface area contributed by atoms with Crippen molar-refractivity contribution in [2.24, 2.45) is 0 Å². The van der Waals surface area contributed by atoms with Crippen LogP contribution in [0.3, 0.4) is 0 Å². The predicted molar refractivity (Wildman–Crippen MR) is 58.7 cm³/mol. The lowest BCUT2D eigenvalue weighted by Crippen LogP contribution is -2.30. The molecule has 1 aliphatic heterocycles. The van der Waals surface area contributed by atoms with E-state index in [1.54, 1.807) is 0 Å². The molecule has 2 heterocycles. The standard InChI is InChI=1S/C12H9NO2/c14-12-11-6-2-1-4-9(11)8-10-5-3-7-15-13(10)12/h1-6,8H,7H2. The molecule has 2 aromatic rings. The van der Waals surface area contributed by atoms with E-state index >= 15 is 0 Å². The van der Waals surface area contributed by atoms with Crippen LogP contribution in [0.15, 0.2) is 41.2 Å². The Bertz CT molecular complexity index is 611. The first kappa shape index (κ1) is 8.29. The van der Waals surface area contributed by atoms with Gasteiger partial charge in [-0.25, -0.2) is 0 Å². The van der Waals surface area contributed by atoms with Gasteiger partial charge in [-0.3, -0.25) is 4.79 Å². The maximum Gasteiger partial charge on any atom is 0.291 e. The van der Waals surface area contributed by atoms with Crippen molar-refractivity contribution in [3.05, 3.63) is 52.5 Å². The van der Waals surface area contributed by atoms with Crippen molar-refractivity contribution in [3.8, 4) is 0 Å². The van der Waals surface area contributed by atoms with Crippen molar-refractivity contribution < 1.29 is 4.84 Å². The van der Waals surface area contributed by atoms with Crippen molar-refractivity contribution in [3.63, 3.8) is 0 Å². The number of hydrogen-bond acceptors (Lipinski definition) is 2. The van der Waals surface area contributed by atoms with Crippen molar-refractivity contribution in [1.82, 2.24) is 4.73 Å². The fourth-order valence-electron chi connectivity index (χ4n) is 1.80. The van der Waals surface area contributed by atoms with Gasteiger partial charge in [-0.1, -0.05) is 18.2 Å². The molecule has 0 N–H and O–H groups in total. The number of pyridine rings is 1. The molecule has 0 aliphatic carbocycles. The van der Waals surface area contributed by atoms with Gasteiger partial charge in [0.25, 0.3) is 5.56 Å². The van der Waals surface area contributed by atoms with Gasteiger partial charge in [0.1, 0.15) is 6.61 Å². The Labute approximate surface area is 86.2 Å². The molecule has 0 amide bonds. The van der Waals surface area contributed by atoms with Gasteiger partial charge in [0.2, 0.25) is 0 Å². The molecule has 0 unspecified atom stereocenters. The summed E-state index contributed by atoms with van der Waals surface area (Å²) in [4.78, 5) is 17.3. The third kappa shape index (κ3) is 1.16. The molecule has 0 fully saturated rings. The number of benzene rings is 1. The highest BCUT2D eigenvalue weighted by molar-refractivity contribution is 5.83. The second kappa shape index (κ2) is 2.98. The van der Waals surface area contributed by atoms with E-state index in [9.17, 15) is 4.79 Å². The maximum absolute atomic E-state index is 12.0. The van der Waals surface area contributed by atoms with Crippen LogP contribution in [-0.4, -0.2) is 11.3 Å². The molecular weight excluding hydrogens is 190 g/mol. The molecule has 0 saturated heterocycles. The summed E-state index contributed by atoms with van der Waals surface area (Å²) in [5, 5.41) is 1.64. The summed E-state index contributed by atoms with van der Waals surface area (Å²) in [6, 6.07) is 9.47. The Morgan fingerprint density at radius 2 is 2.13 bits per heavy atom. The van der Waals surface area contributed by atoms with Crippen LogP contribution in [0.5, 0.6) is 0 Å². The molecule has 3 rings (SSSR count). The van der Waals surface area contributed by atoms with Crippen LogP contribution >= 0.6 is 0 Å². The number of hydrogen-bond donors (Lipinski definition) is 0. The van der Waals surface area contributed by atoms with Gasteiger partial charge in [0.05, 0.1) is 11.1 Å². The number of nitrogens with zero attached hydrogens (tertiary/aromatic N) is 1. The van der Waals surface area contributed by atoms with Crippen LogP contribution in [0, 0.1) is 0 Å². The quantitative estimate of drug-likeness (QED) is 0.643. The molecule has 1 aromatic carbocycles. The zero-order chi connectivity index (χ0) is 10.3. The predicted octanol–water partition coefficient (Wildman–Crippen LogP) is 1.46. The molecule has 3 heteroatoms. The van der Waals surface area contributed by atoms with Crippen LogP contribution in [0.4, 0.5) is 0 Å². The molecule has 1 aromatic heterocycles. The summed E-state index contributed by atoms with van der Waals surface area (Å²) in [5.41, 5.74) is 0.706. The van der Waals surface area contributed by atoms with E-state index in [2.05, 4.69) is 0 Å². The number of fused-ring (bicyclic) bond motifs is 2. The van der Waals surface area contributed by atoms with Crippen LogP contribution < -0.4 is 10.4 Å². The molecule has 74 valence electrons. The highest BCUT2D eigenvalue weighted by Gasteiger charge is 2.09. The van der Waals surface area contributed by atoms with Crippen LogP contribution in [0.1, 0.15) is 5.69 Å². The monoisotopic (exact) mass is 199 g/mol.